The summed E-state index contributed by atoms with van der Waals surface area (Å²) in [6, 6.07) is 36.6. The van der Waals surface area contributed by atoms with Crippen molar-refractivity contribution in [1.29, 1.82) is 0 Å². The first-order valence-corrected chi connectivity index (χ1v) is 20.9. The van der Waals surface area contributed by atoms with Crippen LogP contribution in [0, 0.1) is 13.8 Å². The predicted molar refractivity (Wildman–Crippen MR) is 262 cm³/mol. The van der Waals surface area contributed by atoms with Gasteiger partial charge < -0.3 is 39.4 Å². The largest absolute Gasteiger partial charge is 4.00 e. The van der Waals surface area contributed by atoms with E-state index in [2.05, 4.69) is 20.0 Å². The monoisotopic (exact) mass is 1070 g/mol. The molecule has 0 spiro atoms. The molecular weight excluding hydrogens is 1010 g/mol. The molecule has 6 aromatic rings. The first-order chi connectivity index (χ1) is 31.2. The minimum absolute atomic E-state index is 0. The van der Waals surface area contributed by atoms with Gasteiger partial charge in [0.25, 0.3) is 0 Å². The third-order valence-electron chi connectivity index (χ3n) is 8.28. The fourth-order valence-corrected chi connectivity index (χ4v) is 5.29. The Labute approximate surface area is 414 Å². The van der Waals surface area contributed by atoms with E-state index in [1.54, 1.807) is 94.8 Å². The third-order valence-corrected chi connectivity index (χ3v) is 8.28. The van der Waals surface area contributed by atoms with E-state index in [0.29, 0.717) is 22.3 Å². The van der Waals surface area contributed by atoms with Crippen LogP contribution in [0.25, 0.3) is 0 Å². The second-order valence-electron chi connectivity index (χ2n) is 16.6. The standard InChI is InChI=1S/2C23H22N2O3.2C4H9O.Hf/c2*1-16-12-17(14-24-19-4-8-21(27-2)9-5-19)23(26)18(13-16)15-25-20-6-10-22(28-3)11-7-20;2*1-4(2,3)5;/h2*4-15,26H,1-3H3;2*1-3H3;/q;;2*-1;+4/p-2. The van der Waals surface area contributed by atoms with Crippen LogP contribution in [0.3, 0.4) is 0 Å². The van der Waals surface area contributed by atoms with E-state index >= 15 is 0 Å². The molecule has 0 N–H and O–H groups in total. The van der Waals surface area contributed by atoms with E-state index in [1.165, 1.54) is 0 Å². The molecule has 0 aliphatic rings. The van der Waals surface area contributed by atoms with Gasteiger partial charge in [0.15, 0.2) is 0 Å². The Morgan fingerprint density at radius 3 is 0.687 bits per heavy atom. The molecule has 0 bridgehead atoms. The molecule has 0 fully saturated rings. The van der Waals surface area contributed by atoms with E-state index in [1.807, 2.05) is 135 Å². The summed E-state index contributed by atoms with van der Waals surface area (Å²) in [6.07, 6.45) is 6.34. The van der Waals surface area contributed by atoms with Gasteiger partial charge in [-0.15, -0.1) is 11.2 Å². The molecule has 0 radical (unpaired) electrons. The van der Waals surface area contributed by atoms with E-state index < -0.39 is 11.2 Å². The predicted octanol–water partition coefficient (Wildman–Crippen LogP) is 9.46. The van der Waals surface area contributed by atoms with Gasteiger partial charge in [-0.05, 0) is 144 Å². The summed E-state index contributed by atoms with van der Waals surface area (Å²) < 4.78 is 20.5. The Kier molecular flexibility index (Phi) is 23.6. The van der Waals surface area contributed by atoms with E-state index in [-0.39, 0.29) is 37.3 Å². The van der Waals surface area contributed by atoms with Gasteiger partial charge in [-0.2, -0.15) is 0 Å². The number of aryl methyl sites for hydroxylation is 2. The van der Waals surface area contributed by atoms with Crippen molar-refractivity contribution in [2.75, 3.05) is 28.4 Å². The van der Waals surface area contributed by atoms with E-state index in [9.17, 15) is 20.4 Å². The quantitative estimate of drug-likeness (QED) is 0.0859. The molecule has 12 nitrogen and oxygen atoms in total. The van der Waals surface area contributed by atoms with E-state index in [0.717, 1.165) is 56.9 Å². The van der Waals surface area contributed by atoms with Gasteiger partial charge in [-0.25, -0.2) is 0 Å². The SMILES string of the molecule is CC(C)(C)[O-].CC(C)(C)[O-].COc1ccc(N=Cc2cc(C)cc(C=Nc3ccc(OC)cc3)c2[O-])cc1.COc1ccc(N=Cc2cc(C)cc(C=Nc3ccc(OC)cc3)c2[O-])cc1.[Hf+4]. The van der Waals surface area contributed by atoms with Gasteiger partial charge in [0, 0.05) is 24.9 Å². The summed E-state index contributed by atoms with van der Waals surface area (Å²) in [5.41, 5.74) is 5.49. The van der Waals surface area contributed by atoms with Crippen molar-refractivity contribution in [2.24, 2.45) is 20.0 Å². The Morgan fingerprint density at radius 1 is 0.373 bits per heavy atom. The molecule has 0 aromatic heterocycles. The van der Waals surface area contributed by atoms with Crippen molar-refractivity contribution in [3.63, 3.8) is 0 Å². The van der Waals surface area contributed by atoms with Crippen molar-refractivity contribution < 1.29 is 65.2 Å². The van der Waals surface area contributed by atoms with Crippen LogP contribution in [0.4, 0.5) is 22.7 Å². The summed E-state index contributed by atoms with van der Waals surface area (Å²) >= 11 is 0. The molecule has 6 aromatic carbocycles. The van der Waals surface area contributed by atoms with Gasteiger partial charge in [0.2, 0.25) is 0 Å². The molecule has 13 heteroatoms. The minimum Gasteiger partial charge on any atom is -0.872 e. The molecule has 67 heavy (non-hydrogen) atoms. The Morgan fingerprint density at radius 2 is 0.537 bits per heavy atom. The molecule has 0 saturated carbocycles. The van der Waals surface area contributed by atoms with Crippen LogP contribution in [0.5, 0.6) is 34.5 Å². The zero-order chi connectivity index (χ0) is 48.9. The van der Waals surface area contributed by atoms with Crippen LogP contribution in [0.1, 0.15) is 74.9 Å². The van der Waals surface area contributed by atoms with Gasteiger partial charge in [0.1, 0.15) is 23.0 Å². The molecule has 6 rings (SSSR count). The summed E-state index contributed by atoms with van der Waals surface area (Å²) in [7, 11) is 6.46. The van der Waals surface area contributed by atoms with Gasteiger partial charge in [-0.1, -0.05) is 77.3 Å². The molecule has 348 valence electrons. The first kappa shape index (κ1) is 56.7. The Balaban J connectivity index is 0.000000378. The van der Waals surface area contributed by atoms with Crippen molar-refractivity contribution >= 4 is 47.6 Å². The maximum Gasteiger partial charge on any atom is 4.00 e. The molecule has 0 heterocycles. The number of ether oxygens (including phenoxy) is 4. The van der Waals surface area contributed by atoms with Crippen LogP contribution >= 0.6 is 0 Å². The molecule has 0 aliphatic carbocycles. The van der Waals surface area contributed by atoms with Crippen LogP contribution in [-0.2, 0) is 25.8 Å². The summed E-state index contributed by atoms with van der Waals surface area (Å²) in [5.74, 6) is 2.82. The average molecular weight is 1070 g/mol. The number of rotatable bonds is 12. The number of methoxy groups -OCH3 is 4. The first-order valence-electron chi connectivity index (χ1n) is 20.9. The molecule has 0 atom stereocenters. The van der Waals surface area contributed by atoms with Crippen molar-refractivity contribution in [3.8, 4) is 34.5 Å². The number of nitrogens with zero attached hydrogens (tertiary/aromatic N) is 4. The number of benzene rings is 6. The zero-order valence-corrected chi connectivity index (χ0v) is 44.0. The normalized spacial score (nSPS) is 11.2. The number of hydrogen-bond donors (Lipinski definition) is 0. The molecular formula is C54H60HfN4O8. The zero-order valence-electron chi connectivity index (χ0n) is 40.4. The Bertz CT molecular complexity index is 2180. The Hall–Kier alpha value is -6.41. The topological polar surface area (TPSA) is 179 Å². The fraction of sp³-hybridized carbons (Fsp3) is 0.259. The van der Waals surface area contributed by atoms with Crippen molar-refractivity contribution in [1.82, 2.24) is 0 Å². The summed E-state index contributed by atoms with van der Waals surface area (Å²) in [4.78, 5) is 17.6. The summed E-state index contributed by atoms with van der Waals surface area (Å²) in [5, 5.41) is 45.7. The maximum absolute atomic E-state index is 12.7. The number of aliphatic imine (C=N–C) groups is 4. The maximum atomic E-state index is 12.7. The molecule has 0 aliphatic heterocycles. The molecule has 0 saturated heterocycles. The van der Waals surface area contributed by atoms with Gasteiger partial charge in [-0.3, -0.25) is 20.0 Å². The van der Waals surface area contributed by atoms with E-state index in [4.69, 9.17) is 18.9 Å². The molecule has 0 unspecified atom stereocenters. The van der Waals surface area contributed by atoms with Gasteiger partial charge >= 0.3 is 25.8 Å². The smallest absolute Gasteiger partial charge is 0.872 e. The fourth-order valence-electron chi connectivity index (χ4n) is 5.29. The molecule has 0 amide bonds. The van der Waals surface area contributed by atoms with Crippen molar-refractivity contribution in [2.45, 2.75) is 66.6 Å². The minimum atomic E-state index is -0.750. The van der Waals surface area contributed by atoms with Crippen LogP contribution in [0.15, 0.2) is 141 Å². The third kappa shape index (κ3) is 22.6. The van der Waals surface area contributed by atoms with Crippen LogP contribution < -0.4 is 39.4 Å². The van der Waals surface area contributed by atoms with Gasteiger partial charge in [0.05, 0.1) is 51.2 Å². The second-order valence-corrected chi connectivity index (χ2v) is 16.6. The number of hydrogen-bond acceptors (Lipinski definition) is 12. The average Bonchev–Trinajstić information content (AvgIpc) is 3.28. The van der Waals surface area contributed by atoms with Crippen LogP contribution in [-0.4, -0.2) is 64.5 Å². The summed E-state index contributed by atoms with van der Waals surface area (Å²) in [6.45, 7) is 13.7. The van der Waals surface area contributed by atoms with Crippen molar-refractivity contribution in [3.05, 3.63) is 155 Å². The van der Waals surface area contributed by atoms with Crippen LogP contribution in [0.2, 0.25) is 0 Å². The second kappa shape index (κ2) is 27.9.